The van der Waals surface area contributed by atoms with Crippen molar-refractivity contribution in [1.82, 2.24) is 0 Å². The lowest BCUT2D eigenvalue weighted by Gasteiger charge is -2.36. The summed E-state index contributed by atoms with van der Waals surface area (Å²) in [6.07, 6.45) is -0.426. The van der Waals surface area contributed by atoms with E-state index in [1.54, 1.807) is 42.5 Å². The molecule has 3 aromatic carbocycles. The monoisotopic (exact) mass is 479 g/mol. The third kappa shape index (κ3) is 4.48. The molecule has 0 aromatic heterocycles. The van der Waals surface area contributed by atoms with Gasteiger partial charge in [0, 0.05) is 5.69 Å². The Hall–Kier alpha value is -4.18. The van der Waals surface area contributed by atoms with Crippen molar-refractivity contribution in [2.75, 3.05) is 22.0 Å². The fourth-order valence-electron chi connectivity index (χ4n) is 3.64. The van der Waals surface area contributed by atoms with Gasteiger partial charge in [-0.3, -0.25) is 13.9 Å². The number of fused-ring (bicyclic) bond motifs is 1. The zero-order chi connectivity index (χ0) is 24.3. The Bertz CT molecular complexity index is 1340. The van der Waals surface area contributed by atoms with E-state index < -0.39 is 40.3 Å². The van der Waals surface area contributed by atoms with Gasteiger partial charge in [-0.2, -0.15) is 0 Å². The Morgan fingerprint density at radius 3 is 2.29 bits per heavy atom. The molecule has 2 N–H and O–H groups in total. The van der Waals surface area contributed by atoms with Gasteiger partial charge < -0.3 is 15.4 Å². The molecule has 9 nitrogen and oxygen atoms in total. The maximum absolute atomic E-state index is 13.5. The summed E-state index contributed by atoms with van der Waals surface area (Å²) in [6, 6.07) is 18.9. The number of rotatable bonds is 6. The normalized spacial score (nSPS) is 15.1. The van der Waals surface area contributed by atoms with Gasteiger partial charge in [-0.1, -0.05) is 30.3 Å². The first kappa shape index (κ1) is 23.0. The summed E-state index contributed by atoms with van der Waals surface area (Å²) < 4.78 is 32.7. The van der Waals surface area contributed by atoms with E-state index >= 15 is 0 Å². The minimum absolute atomic E-state index is 0.00307. The largest absolute Gasteiger partial charge is 0.465 e. The lowest BCUT2D eigenvalue weighted by atomic mass is 10.1. The van der Waals surface area contributed by atoms with Crippen LogP contribution in [-0.4, -0.2) is 39.4 Å². The number of methoxy groups -OCH3 is 1. The lowest BCUT2D eigenvalue weighted by molar-refractivity contribution is -0.122. The average Bonchev–Trinajstić information content (AvgIpc) is 2.84. The molecule has 1 aliphatic heterocycles. The van der Waals surface area contributed by atoms with Crippen molar-refractivity contribution in [3.63, 3.8) is 0 Å². The molecule has 10 heteroatoms. The highest BCUT2D eigenvalue weighted by atomic mass is 32.2. The second kappa shape index (κ2) is 9.36. The first-order chi connectivity index (χ1) is 16.3. The summed E-state index contributed by atoms with van der Waals surface area (Å²) in [5.74, 6) is -1.70. The van der Waals surface area contributed by atoms with Gasteiger partial charge in [0.15, 0.2) is 0 Å². The van der Waals surface area contributed by atoms with E-state index in [0.717, 1.165) is 4.31 Å². The molecular weight excluding hydrogens is 458 g/mol. The van der Waals surface area contributed by atoms with Crippen LogP contribution < -0.4 is 14.9 Å². The Kier molecular flexibility index (Phi) is 6.33. The van der Waals surface area contributed by atoms with Gasteiger partial charge in [-0.25, -0.2) is 13.2 Å². The third-order valence-corrected chi connectivity index (χ3v) is 7.09. The van der Waals surface area contributed by atoms with Crippen LogP contribution >= 0.6 is 0 Å². The van der Waals surface area contributed by atoms with Crippen LogP contribution in [0.4, 0.5) is 17.1 Å². The molecule has 0 spiro atoms. The smallest absolute Gasteiger partial charge is 0.337 e. The van der Waals surface area contributed by atoms with Crippen LogP contribution in [-0.2, 0) is 24.3 Å². The average molecular weight is 480 g/mol. The SMILES string of the molecule is COC(=O)c1ccc(NC(=O)C[C@H]2C(=O)Nc3ccccc3N2S(=O)(=O)c2ccccc2)cc1. The van der Waals surface area contributed by atoms with Gasteiger partial charge >= 0.3 is 5.97 Å². The predicted octanol–water partition coefficient (Wildman–Crippen LogP) is 3.02. The van der Waals surface area contributed by atoms with Gasteiger partial charge in [0.2, 0.25) is 11.8 Å². The molecule has 0 fully saturated rings. The summed E-state index contributed by atoms with van der Waals surface area (Å²) in [7, 11) is -2.89. The molecule has 174 valence electrons. The van der Waals surface area contributed by atoms with Crippen LogP contribution in [0.25, 0.3) is 0 Å². The number of anilines is 3. The minimum Gasteiger partial charge on any atom is -0.465 e. The number of para-hydroxylation sites is 2. The number of ether oxygens (including phenoxy) is 1. The van der Waals surface area contributed by atoms with E-state index in [9.17, 15) is 22.8 Å². The molecule has 0 bridgehead atoms. The number of benzene rings is 3. The number of carbonyl (C=O) groups is 3. The van der Waals surface area contributed by atoms with Crippen molar-refractivity contribution in [2.45, 2.75) is 17.4 Å². The molecule has 0 unspecified atom stereocenters. The summed E-state index contributed by atoms with van der Waals surface area (Å²) in [6.45, 7) is 0. The van der Waals surface area contributed by atoms with E-state index in [2.05, 4.69) is 15.4 Å². The van der Waals surface area contributed by atoms with Gasteiger partial charge in [-0.05, 0) is 48.5 Å². The van der Waals surface area contributed by atoms with Crippen molar-refractivity contribution in [3.8, 4) is 0 Å². The standard InChI is InChI=1S/C24H21N3O6S/c1-33-24(30)16-11-13-17(14-12-16)25-22(28)15-21-23(29)26-19-9-5-6-10-20(19)27(21)34(31,32)18-7-3-2-4-8-18/h2-14,21H,15H2,1H3,(H,25,28)(H,26,29)/t21-/m0/s1. The molecule has 1 aliphatic rings. The molecule has 0 saturated carbocycles. The molecule has 34 heavy (non-hydrogen) atoms. The summed E-state index contributed by atoms with van der Waals surface area (Å²) >= 11 is 0. The Morgan fingerprint density at radius 2 is 1.62 bits per heavy atom. The van der Waals surface area contributed by atoms with Crippen molar-refractivity contribution < 1.29 is 27.5 Å². The predicted molar refractivity (Wildman–Crippen MR) is 126 cm³/mol. The molecular formula is C24H21N3O6S. The molecule has 1 atom stereocenters. The summed E-state index contributed by atoms with van der Waals surface area (Å²) in [4.78, 5) is 37.3. The van der Waals surface area contributed by atoms with E-state index in [1.165, 1.54) is 43.5 Å². The molecule has 1 heterocycles. The summed E-state index contributed by atoms with van der Waals surface area (Å²) in [5.41, 5.74) is 1.30. The number of hydrogen-bond acceptors (Lipinski definition) is 6. The highest BCUT2D eigenvalue weighted by Gasteiger charge is 2.41. The van der Waals surface area contributed by atoms with Crippen LogP contribution in [0.15, 0.2) is 83.8 Å². The Balaban J connectivity index is 1.63. The highest BCUT2D eigenvalue weighted by molar-refractivity contribution is 7.93. The number of nitrogens with one attached hydrogen (secondary N) is 2. The van der Waals surface area contributed by atoms with E-state index in [4.69, 9.17) is 0 Å². The Labute approximate surface area is 196 Å². The molecule has 3 aromatic rings. The fraction of sp³-hybridized carbons (Fsp3) is 0.125. The topological polar surface area (TPSA) is 122 Å². The van der Waals surface area contributed by atoms with Gasteiger partial charge in [-0.15, -0.1) is 0 Å². The number of sulfonamides is 1. The molecule has 0 radical (unpaired) electrons. The van der Waals surface area contributed by atoms with E-state index in [-0.39, 0.29) is 10.6 Å². The molecule has 0 saturated heterocycles. The molecule has 4 rings (SSSR count). The van der Waals surface area contributed by atoms with Gasteiger partial charge in [0.1, 0.15) is 6.04 Å². The number of hydrogen-bond donors (Lipinski definition) is 2. The maximum atomic E-state index is 13.5. The minimum atomic E-state index is -4.15. The first-order valence-corrected chi connectivity index (χ1v) is 11.7. The van der Waals surface area contributed by atoms with Crippen molar-refractivity contribution in [3.05, 3.63) is 84.4 Å². The molecule has 2 amide bonds. The number of amides is 2. The number of carbonyl (C=O) groups excluding carboxylic acids is 3. The van der Waals surface area contributed by atoms with E-state index in [0.29, 0.717) is 16.9 Å². The van der Waals surface area contributed by atoms with Crippen LogP contribution in [0.2, 0.25) is 0 Å². The second-order valence-electron chi connectivity index (χ2n) is 7.46. The van der Waals surface area contributed by atoms with Gasteiger partial charge in [0.25, 0.3) is 10.0 Å². The summed E-state index contributed by atoms with van der Waals surface area (Å²) in [5, 5.41) is 5.32. The van der Waals surface area contributed by atoms with Crippen LogP contribution in [0, 0.1) is 0 Å². The van der Waals surface area contributed by atoms with Crippen molar-refractivity contribution in [1.29, 1.82) is 0 Å². The van der Waals surface area contributed by atoms with Crippen molar-refractivity contribution >= 4 is 44.9 Å². The van der Waals surface area contributed by atoms with Crippen LogP contribution in [0.1, 0.15) is 16.8 Å². The number of nitrogens with zero attached hydrogens (tertiary/aromatic N) is 1. The fourth-order valence-corrected chi connectivity index (χ4v) is 5.29. The first-order valence-electron chi connectivity index (χ1n) is 10.3. The zero-order valence-corrected chi connectivity index (χ0v) is 18.9. The quantitative estimate of drug-likeness (QED) is 0.524. The van der Waals surface area contributed by atoms with Crippen molar-refractivity contribution in [2.24, 2.45) is 0 Å². The van der Waals surface area contributed by atoms with Crippen LogP contribution in [0.3, 0.4) is 0 Å². The molecule has 0 aliphatic carbocycles. The van der Waals surface area contributed by atoms with Crippen LogP contribution in [0.5, 0.6) is 0 Å². The third-order valence-electron chi connectivity index (χ3n) is 5.25. The highest BCUT2D eigenvalue weighted by Crippen LogP contribution is 2.37. The number of esters is 1. The van der Waals surface area contributed by atoms with E-state index in [1.807, 2.05) is 0 Å². The second-order valence-corrected chi connectivity index (χ2v) is 9.27. The lowest BCUT2D eigenvalue weighted by Crippen LogP contribution is -2.52. The maximum Gasteiger partial charge on any atom is 0.337 e. The zero-order valence-electron chi connectivity index (χ0n) is 18.1. The Morgan fingerprint density at radius 1 is 0.971 bits per heavy atom. The van der Waals surface area contributed by atoms with Gasteiger partial charge in [0.05, 0.1) is 35.4 Å².